The van der Waals surface area contributed by atoms with E-state index in [0.29, 0.717) is 42.4 Å². The molecule has 11 rings (SSSR count). The number of carboxylic acid groups (broad SMARTS) is 1. The van der Waals surface area contributed by atoms with Crippen molar-refractivity contribution in [2.24, 2.45) is 11.7 Å². The summed E-state index contributed by atoms with van der Waals surface area (Å²) in [4.78, 5) is 145. The Balaban J connectivity index is 0.994. The predicted octanol–water partition coefficient (Wildman–Crippen LogP) is 8.08. The molecule has 0 aliphatic carbocycles. The number of hydrogen-bond acceptors (Lipinski definition) is 24. The van der Waals surface area contributed by atoms with Crippen LogP contribution in [0, 0.1) is 19.8 Å². The van der Waals surface area contributed by atoms with Crippen LogP contribution in [0.2, 0.25) is 0 Å². The first-order valence-electron chi connectivity index (χ1n) is 29.1. The van der Waals surface area contributed by atoms with E-state index in [1.54, 1.807) is 65.0 Å². The maximum absolute atomic E-state index is 15.3. The monoisotopic (exact) mass is 1370 g/mol. The number of fused-ring (bicyclic) bond motifs is 16. The molecular formula is C63H60N12O12S6. The van der Waals surface area contributed by atoms with Crippen molar-refractivity contribution in [3.8, 4) is 43.4 Å². The Labute approximate surface area is 555 Å². The van der Waals surface area contributed by atoms with Crippen molar-refractivity contribution in [3.05, 3.63) is 153 Å². The van der Waals surface area contributed by atoms with Crippen LogP contribution < -0.4 is 21.7 Å². The lowest BCUT2D eigenvalue weighted by Gasteiger charge is -2.29. The zero-order valence-electron chi connectivity index (χ0n) is 50.3. The number of primary amides is 1. The van der Waals surface area contributed by atoms with Crippen LogP contribution in [0.4, 0.5) is 0 Å². The topological polar surface area (TPSA) is 373 Å². The van der Waals surface area contributed by atoms with Crippen LogP contribution in [-0.4, -0.2) is 138 Å². The molecule has 480 valence electrons. The van der Waals surface area contributed by atoms with Crippen LogP contribution in [0.3, 0.4) is 0 Å². The van der Waals surface area contributed by atoms with Crippen LogP contribution in [0.1, 0.15) is 149 Å². The van der Waals surface area contributed by atoms with E-state index in [1.165, 1.54) is 52.7 Å². The number of aliphatic hydroxyl groups excluding tert-OH is 2. The third-order valence-corrected chi connectivity index (χ3v) is 21.4. The number of amides is 5. The normalized spacial score (nSPS) is 19.5. The minimum absolute atomic E-state index is 0.0103. The molecule has 0 radical (unpaired) electrons. The van der Waals surface area contributed by atoms with E-state index in [4.69, 9.17) is 30.7 Å². The molecule has 2 aliphatic heterocycles. The smallest absolute Gasteiger partial charge is 0.303 e. The Morgan fingerprint density at radius 3 is 2.06 bits per heavy atom. The van der Waals surface area contributed by atoms with Crippen LogP contribution in [0.25, 0.3) is 43.4 Å². The number of carbonyl (C=O) groups excluding carboxylic acids is 7. The molecular weight excluding hydrogens is 1310 g/mol. The van der Waals surface area contributed by atoms with E-state index in [-0.39, 0.29) is 68.6 Å². The SMILES string of the molecule is Cc1ccc(C[C@@H]2NC(=O)c3csc(n3)[C@H]([C@H](O)c3ccccc3)CC(=O)c3nc(sc3C)[C@H](CC(N)=O)NC(=O)c3csc(n3)-c3ccc(-c4nc(C(=O)N[C@@H](C(=O)CCC(=O)O)C(C)(C)O)cs4)nc3-c3csc(n3)-c3csc(n3)[C@@H]3[C@@H](C)[C@@H](O)CN3C2=O)cc1. The van der Waals surface area contributed by atoms with Crippen molar-refractivity contribution in [2.45, 2.75) is 115 Å². The number of nitrogens with one attached hydrogen (secondary N) is 3. The molecule has 9 aromatic rings. The molecule has 24 nitrogen and oxygen atoms in total. The number of ketones is 2. The summed E-state index contributed by atoms with van der Waals surface area (Å²) in [7, 11) is 0. The second-order valence-electron chi connectivity index (χ2n) is 23.1. The molecule has 1 saturated heterocycles. The molecule has 1 fully saturated rings. The summed E-state index contributed by atoms with van der Waals surface area (Å²) in [6.45, 7) is 7.97. The van der Waals surface area contributed by atoms with Gasteiger partial charge in [0.25, 0.3) is 17.7 Å². The summed E-state index contributed by atoms with van der Waals surface area (Å²) in [6, 6.07) is 15.0. The number of aliphatic hydroxyl groups is 3. The number of benzene rings is 2. The fourth-order valence-electron chi connectivity index (χ4n) is 10.9. The zero-order valence-corrected chi connectivity index (χ0v) is 55.2. The van der Waals surface area contributed by atoms with Crippen molar-refractivity contribution in [1.29, 1.82) is 0 Å². The van der Waals surface area contributed by atoms with E-state index in [0.717, 1.165) is 56.5 Å². The summed E-state index contributed by atoms with van der Waals surface area (Å²) in [6.07, 6.45) is -3.92. The molecule has 30 heteroatoms. The highest BCUT2D eigenvalue weighted by Crippen LogP contribution is 2.43. The van der Waals surface area contributed by atoms with E-state index in [9.17, 15) is 54.0 Å². The largest absolute Gasteiger partial charge is 0.481 e. The number of nitrogens with two attached hydrogens (primary N) is 1. The second-order valence-corrected chi connectivity index (χ2v) is 28.7. The standard InChI is InChI=1S/C63H60N12O12S6/c1-28-11-13-31(14-12-28)19-37-62(86)75-22-45(78)29(2)50(75)61-72-42(27-92-61)59-68-38(23-90-59)49-33(15-16-35(65-49)58-71-41(26-91-58)55(85)74-52(63(4,5)87)43(76)17-18-47(80)81)56-69-39(24-88-56)53(83)66-36(21-46(64)79)60-73-48(30(3)93-60)44(77)20-34(51(82)32-9-7-6-8-10-32)57-70-40(25-89-57)54(84)67-37/h6-16,23-27,29,34,36-37,45,50-52,78,82,87H,17-22H2,1-5H3,(H2,64,79)(H,66,83)(H,67,84)(H,74,85)(H,80,81)/t29-,34-,36-,37-,45-,50-,51+,52-/m0/s1. The van der Waals surface area contributed by atoms with E-state index in [2.05, 4.69) is 25.9 Å². The minimum Gasteiger partial charge on any atom is -0.481 e. The van der Waals surface area contributed by atoms with E-state index >= 15 is 4.79 Å². The van der Waals surface area contributed by atoms with Gasteiger partial charge in [0.05, 0.1) is 53.4 Å². The van der Waals surface area contributed by atoms with Gasteiger partial charge >= 0.3 is 5.97 Å². The molecule has 9 heterocycles. The fraction of sp³-hybridized carbons (Fsp3) is 0.317. The molecule has 7 aromatic heterocycles. The van der Waals surface area contributed by atoms with Crippen molar-refractivity contribution >= 4 is 115 Å². The quantitative estimate of drug-likeness (QED) is 0.0510. The second kappa shape index (κ2) is 27.5. The van der Waals surface area contributed by atoms with Crippen molar-refractivity contribution in [2.75, 3.05) is 6.54 Å². The van der Waals surface area contributed by atoms with Crippen LogP contribution in [0.5, 0.6) is 0 Å². The van der Waals surface area contributed by atoms with Gasteiger partial charge in [-0.1, -0.05) is 67.1 Å². The Hall–Kier alpha value is -8.59. The Morgan fingerprint density at radius 1 is 0.710 bits per heavy atom. The number of Topliss-reactive ketones (excluding diaryl/α,β-unsaturated/α-hetero) is 2. The fourth-order valence-corrected chi connectivity index (χ4v) is 16.3. The van der Waals surface area contributed by atoms with E-state index < -0.39 is 120 Å². The number of carboxylic acids is 1. The van der Waals surface area contributed by atoms with Gasteiger partial charge in [-0.3, -0.25) is 38.4 Å². The lowest BCUT2D eigenvalue weighted by Crippen LogP contribution is -2.54. The third kappa shape index (κ3) is 14.6. The van der Waals surface area contributed by atoms with Gasteiger partial charge in [-0.15, -0.1) is 68.0 Å². The number of carbonyl (C=O) groups is 8. The maximum atomic E-state index is 15.3. The highest BCUT2D eigenvalue weighted by atomic mass is 32.1. The summed E-state index contributed by atoms with van der Waals surface area (Å²) in [5, 5.41) is 61.9. The van der Waals surface area contributed by atoms with Gasteiger partial charge in [-0.2, -0.15) is 0 Å². The number of nitrogens with zero attached hydrogens (tertiary/aromatic N) is 8. The molecule has 2 aromatic carbocycles. The predicted molar refractivity (Wildman–Crippen MR) is 350 cm³/mol. The summed E-state index contributed by atoms with van der Waals surface area (Å²) < 4.78 is 0. The van der Waals surface area contributed by atoms with Crippen LogP contribution in [-0.2, 0) is 25.6 Å². The number of thiazole rings is 6. The van der Waals surface area contributed by atoms with E-state index in [1.807, 2.05) is 38.1 Å². The lowest BCUT2D eigenvalue weighted by molar-refractivity contribution is -0.139. The van der Waals surface area contributed by atoms with Crippen LogP contribution >= 0.6 is 68.0 Å². The van der Waals surface area contributed by atoms with Gasteiger partial charge in [0.2, 0.25) is 11.8 Å². The average molecular weight is 1370 g/mol. The lowest BCUT2D eigenvalue weighted by atomic mass is 9.90. The molecule has 93 heavy (non-hydrogen) atoms. The number of rotatable bonds is 14. The highest BCUT2D eigenvalue weighted by Gasteiger charge is 2.46. The van der Waals surface area contributed by atoms with Gasteiger partial charge < -0.3 is 47.0 Å². The number of aromatic nitrogens is 7. The molecule has 0 saturated carbocycles. The van der Waals surface area contributed by atoms with Gasteiger partial charge in [-0.25, -0.2) is 34.9 Å². The Bertz CT molecular complexity index is 4340. The number of aliphatic carboxylic acids is 1. The molecule has 2 aliphatic rings. The van der Waals surface area contributed by atoms with Gasteiger partial charge in [-0.05, 0) is 51.0 Å². The third-order valence-electron chi connectivity index (χ3n) is 15.8. The Morgan fingerprint density at radius 2 is 1.34 bits per heavy atom. The van der Waals surface area contributed by atoms with Gasteiger partial charge in [0.15, 0.2) is 11.6 Å². The first-order valence-corrected chi connectivity index (χ1v) is 34.3. The number of pyridine rings is 1. The van der Waals surface area contributed by atoms with Crippen molar-refractivity contribution in [3.63, 3.8) is 0 Å². The number of hydrogen-bond donors (Lipinski definition) is 8. The van der Waals surface area contributed by atoms with Gasteiger partial charge in [0, 0.05) is 75.0 Å². The van der Waals surface area contributed by atoms with Crippen LogP contribution in [0.15, 0.2) is 93.6 Å². The molecule has 5 amide bonds. The zero-order chi connectivity index (χ0) is 66.2. The summed E-state index contributed by atoms with van der Waals surface area (Å²) in [5.41, 5.74) is 7.70. The summed E-state index contributed by atoms with van der Waals surface area (Å²) >= 11 is 6.78. The Kier molecular flexibility index (Phi) is 19.5. The molecule has 8 atom stereocenters. The highest BCUT2D eigenvalue weighted by molar-refractivity contribution is 7.15. The van der Waals surface area contributed by atoms with Crippen molar-refractivity contribution < 1.29 is 58.8 Å². The maximum Gasteiger partial charge on any atom is 0.303 e. The minimum atomic E-state index is -1.77. The molecule has 9 N–H and O–H groups in total. The molecule has 0 spiro atoms. The first kappa shape index (κ1) is 65.9. The first-order chi connectivity index (χ1) is 44.4. The average Bonchev–Trinajstić information content (AvgIpc) is 1.66. The summed E-state index contributed by atoms with van der Waals surface area (Å²) in [5.74, 6) is -7.45. The van der Waals surface area contributed by atoms with Crippen molar-refractivity contribution in [1.82, 2.24) is 55.7 Å². The van der Waals surface area contributed by atoms with Gasteiger partial charge in [0.1, 0.15) is 77.0 Å². The number of aryl methyl sites for hydroxylation is 2. The molecule has 0 unspecified atom stereocenters. The molecule has 10 bridgehead atoms.